The molecule has 0 saturated heterocycles. The van der Waals surface area contributed by atoms with Gasteiger partial charge < -0.3 is 16.4 Å². The summed E-state index contributed by atoms with van der Waals surface area (Å²) in [5.74, 6) is -2.69. The van der Waals surface area contributed by atoms with E-state index in [0.717, 1.165) is 48.7 Å². The highest BCUT2D eigenvalue weighted by Gasteiger charge is 2.26. The maximum absolute atomic E-state index is 14.6. The molecule has 2 aliphatic rings. The molecule has 0 aromatic heterocycles. The smallest absolute Gasteiger partial charge is 0.251 e. The molecule has 42 heavy (non-hydrogen) atoms. The van der Waals surface area contributed by atoms with Crippen molar-refractivity contribution in [2.24, 2.45) is 5.73 Å². The summed E-state index contributed by atoms with van der Waals surface area (Å²) in [5.41, 5.74) is 7.83. The molecule has 0 saturated carbocycles. The molecule has 1 heterocycles. The van der Waals surface area contributed by atoms with Crippen LogP contribution in [-0.4, -0.2) is 42.8 Å². The summed E-state index contributed by atoms with van der Waals surface area (Å²) >= 11 is 1.05. The van der Waals surface area contributed by atoms with Crippen molar-refractivity contribution in [2.75, 3.05) is 26.2 Å². The summed E-state index contributed by atoms with van der Waals surface area (Å²) < 4.78 is 29.1. The van der Waals surface area contributed by atoms with Crippen molar-refractivity contribution in [3.05, 3.63) is 92.2 Å². The van der Waals surface area contributed by atoms with Crippen molar-refractivity contribution < 1.29 is 18.4 Å². The Morgan fingerprint density at radius 3 is 2.26 bits per heavy atom. The van der Waals surface area contributed by atoms with E-state index in [4.69, 9.17) is 5.73 Å². The van der Waals surface area contributed by atoms with Crippen molar-refractivity contribution in [2.45, 2.75) is 67.7 Å². The molecule has 0 bridgehead atoms. The van der Waals surface area contributed by atoms with Gasteiger partial charge in [-0.3, -0.25) is 14.5 Å². The first-order valence-electron chi connectivity index (χ1n) is 14.2. The van der Waals surface area contributed by atoms with Crippen LogP contribution in [0.25, 0.3) is 0 Å². The minimum Gasteiger partial charge on any atom is -0.401 e. The Bertz CT molecular complexity index is 1180. The lowest BCUT2D eigenvalue weighted by atomic mass is 10.1. The Morgan fingerprint density at radius 2 is 1.71 bits per heavy atom. The average Bonchev–Trinajstić information content (AvgIpc) is 3.38. The molecular weight excluding hydrogens is 578 g/mol. The lowest BCUT2D eigenvalue weighted by Crippen LogP contribution is -2.34. The summed E-state index contributed by atoms with van der Waals surface area (Å²) in [4.78, 5) is 28.3. The quantitative estimate of drug-likeness (QED) is 0.112. The SMILES string of the molecule is C/C=C(F)\C(C(=O)/C(S/C(NC1=CCC=C(C(=O)NCCN2CC=CC2)C=C1)=C(\C)CC)=C(/C)N)=C(\F)CC.CC.Cl. The van der Waals surface area contributed by atoms with E-state index in [1.807, 2.05) is 39.8 Å². The van der Waals surface area contributed by atoms with Crippen LogP contribution in [-0.2, 0) is 9.59 Å². The monoisotopic (exact) mass is 624 g/mol. The number of hydrogen-bond acceptors (Lipinski definition) is 6. The third kappa shape index (κ3) is 12.2. The number of thioether (sulfide) groups is 1. The molecule has 0 atom stereocenters. The second kappa shape index (κ2) is 20.9. The molecule has 0 aromatic carbocycles. The summed E-state index contributed by atoms with van der Waals surface area (Å²) in [6.07, 6.45) is 13.7. The molecule has 0 unspecified atom stereocenters. The van der Waals surface area contributed by atoms with Gasteiger partial charge >= 0.3 is 0 Å². The lowest BCUT2D eigenvalue weighted by Gasteiger charge is -2.18. The Balaban J connectivity index is 0.00000548. The number of allylic oxidation sites excluding steroid dienone is 10. The van der Waals surface area contributed by atoms with E-state index in [0.29, 0.717) is 30.0 Å². The van der Waals surface area contributed by atoms with Gasteiger partial charge in [0, 0.05) is 43.1 Å². The first-order valence-corrected chi connectivity index (χ1v) is 15.0. The third-order valence-corrected chi connectivity index (χ3v) is 7.60. The number of halogens is 3. The number of Topliss-reactive ketones (excluding diaryl/α,β-unsaturated/α-hetero) is 1. The van der Waals surface area contributed by atoms with Crippen molar-refractivity contribution in [3.8, 4) is 0 Å². The third-order valence-electron chi connectivity index (χ3n) is 6.23. The first-order chi connectivity index (χ1) is 19.6. The molecule has 10 heteroatoms. The van der Waals surface area contributed by atoms with Gasteiger partial charge in [-0.1, -0.05) is 69.8 Å². The van der Waals surface area contributed by atoms with Crippen LogP contribution in [0.15, 0.2) is 92.2 Å². The average molecular weight is 625 g/mol. The zero-order valence-electron chi connectivity index (χ0n) is 25.9. The molecule has 0 aromatic rings. The maximum atomic E-state index is 14.6. The van der Waals surface area contributed by atoms with Gasteiger partial charge in [0.2, 0.25) is 5.78 Å². The normalized spacial score (nSPS) is 16.8. The minimum atomic E-state index is -0.923. The van der Waals surface area contributed by atoms with Gasteiger partial charge in [-0.05, 0) is 57.8 Å². The highest BCUT2D eigenvalue weighted by molar-refractivity contribution is 8.07. The predicted octanol–water partition coefficient (Wildman–Crippen LogP) is 7.42. The van der Waals surface area contributed by atoms with Crippen LogP contribution in [0, 0.1) is 0 Å². The number of nitrogens with two attached hydrogens (primary N) is 1. The summed E-state index contributed by atoms with van der Waals surface area (Å²) in [6.45, 7) is 15.5. The van der Waals surface area contributed by atoms with Gasteiger partial charge in [0.05, 0.1) is 15.5 Å². The molecule has 0 fully saturated rings. The van der Waals surface area contributed by atoms with Gasteiger partial charge in [0.1, 0.15) is 11.7 Å². The Labute approximate surface area is 261 Å². The highest BCUT2D eigenvalue weighted by Crippen LogP contribution is 2.35. The number of amides is 1. The molecule has 1 aliphatic heterocycles. The largest absolute Gasteiger partial charge is 0.401 e. The van der Waals surface area contributed by atoms with Gasteiger partial charge in [-0.15, -0.1) is 12.4 Å². The summed E-state index contributed by atoms with van der Waals surface area (Å²) in [5, 5.41) is 6.93. The number of rotatable bonds is 13. The molecule has 6 nitrogen and oxygen atoms in total. The van der Waals surface area contributed by atoms with Gasteiger partial charge in [-0.25, -0.2) is 8.78 Å². The van der Waals surface area contributed by atoms with Crippen molar-refractivity contribution in [1.82, 2.24) is 15.5 Å². The van der Waals surface area contributed by atoms with E-state index in [1.54, 1.807) is 12.2 Å². The van der Waals surface area contributed by atoms with Gasteiger partial charge in [0.25, 0.3) is 5.91 Å². The van der Waals surface area contributed by atoms with Crippen molar-refractivity contribution in [3.63, 3.8) is 0 Å². The first kappa shape index (κ1) is 39.1. The van der Waals surface area contributed by atoms with Crippen LogP contribution in [0.4, 0.5) is 8.78 Å². The van der Waals surface area contributed by atoms with Crippen LogP contribution in [0.3, 0.4) is 0 Å². The Hall–Kier alpha value is -2.88. The fourth-order valence-electron chi connectivity index (χ4n) is 3.74. The Morgan fingerprint density at radius 1 is 1.07 bits per heavy atom. The number of carbonyl (C=O) groups excluding carboxylic acids is 2. The molecule has 4 N–H and O–H groups in total. The highest BCUT2D eigenvalue weighted by atomic mass is 35.5. The predicted molar refractivity (Wildman–Crippen MR) is 176 cm³/mol. The van der Waals surface area contributed by atoms with Gasteiger partial charge in [0.15, 0.2) is 0 Å². The van der Waals surface area contributed by atoms with E-state index in [1.165, 1.54) is 20.8 Å². The number of nitrogens with zero attached hydrogens (tertiary/aromatic N) is 1. The van der Waals surface area contributed by atoms with Crippen LogP contribution < -0.4 is 16.4 Å². The fraction of sp³-hybridized carbons (Fsp3) is 0.438. The van der Waals surface area contributed by atoms with E-state index in [9.17, 15) is 18.4 Å². The number of carbonyl (C=O) groups is 2. The van der Waals surface area contributed by atoms with Crippen LogP contribution in [0.5, 0.6) is 0 Å². The lowest BCUT2D eigenvalue weighted by molar-refractivity contribution is -0.117. The van der Waals surface area contributed by atoms with E-state index >= 15 is 0 Å². The topological polar surface area (TPSA) is 87.5 Å². The number of hydrogen-bond donors (Lipinski definition) is 3. The number of ketones is 1. The molecule has 0 radical (unpaired) electrons. The molecular formula is C32H47ClF2N4O2S. The van der Waals surface area contributed by atoms with E-state index < -0.39 is 23.0 Å². The fourth-order valence-corrected chi connectivity index (χ4v) is 4.79. The molecule has 1 amide bonds. The zero-order chi connectivity index (χ0) is 30.9. The molecule has 234 valence electrons. The summed E-state index contributed by atoms with van der Waals surface area (Å²) in [7, 11) is 0. The van der Waals surface area contributed by atoms with Crippen molar-refractivity contribution >= 4 is 35.9 Å². The zero-order valence-corrected chi connectivity index (χ0v) is 27.5. The van der Waals surface area contributed by atoms with E-state index in [2.05, 4.69) is 27.7 Å². The Kier molecular flexibility index (Phi) is 19.5. The molecule has 2 rings (SSSR count). The van der Waals surface area contributed by atoms with Crippen LogP contribution >= 0.6 is 24.2 Å². The van der Waals surface area contributed by atoms with Crippen molar-refractivity contribution in [1.29, 1.82) is 0 Å². The molecule has 1 aliphatic carbocycles. The standard InChI is InChI=1S/C30H40F2N4O2S.C2H6.ClH/c1-6-20(4)30(39-28(21(5)33)27(37)26(24(31)7-2)25(32)8-3)35-23-13-11-12-22(14-15-23)29(38)34-16-19-36-17-9-10-18-36;1-2;/h7,9-10,12-15,35H,6,8,11,16-19,33H2,1-5H3,(H,34,38);1-2H3;1H/b24-7+,26-25-,28-21+,30-20+;;. The van der Waals surface area contributed by atoms with Crippen LogP contribution in [0.1, 0.15) is 67.7 Å². The molecule has 0 spiro atoms. The van der Waals surface area contributed by atoms with Gasteiger partial charge in [-0.2, -0.15) is 0 Å². The second-order valence-electron chi connectivity index (χ2n) is 9.18. The second-order valence-corrected chi connectivity index (χ2v) is 10.2. The van der Waals surface area contributed by atoms with E-state index in [-0.39, 0.29) is 35.3 Å². The van der Waals surface area contributed by atoms with Crippen LogP contribution in [0.2, 0.25) is 0 Å². The maximum Gasteiger partial charge on any atom is 0.251 e. The number of nitrogens with one attached hydrogen (secondary N) is 2. The minimum absolute atomic E-state index is 0. The summed E-state index contributed by atoms with van der Waals surface area (Å²) in [6, 6.07) is 0.